The van der Waals surface area contributed by atoms with Crippen molar-refractivity contribution in [3.05, 3.63) is 53.6 Å². The van der Waals surface area contributed by atoms with Gasteiger partial charge in [0, 0.05) is 11.1 Å². The van der Waals surface area contributed by atoms with Gasteiger partial charge in [-0.3, -0.25) is 0 Å². The van der Waals surface area contributed by atoms with E-state index < -0.39 is 0 Å². The van der Waals surface area contributed by atoms with Crippen molar-refractivity contribution in [2.24, 2.45) is 0 Å². The summed E-state index contributed by atoms with van der Waals surface area (Å²) in [5, 5.41) is 20.6. The Balaban J connectivity index is 2.33. The third-order valence-corrected chi connectivity index (χ3v) is 4.91. The summed E-state index contributed by atoms with van der Waals surface area (Å²) in [6.07, 6.45) is 5.97. The van der Waals surface area contributed by atoms with Gasteiger partial charge >= 0.3 is 0 Å². The summed E-state index contributed by atoms with van der Waals surface area (Å²) in [5.41, 5.74) is 3.41. The van der Waals surface area contributed by atoms with E-state index in [1.807, 2.05) is 36.4 Å². The summed E-state index contributed by atoms with van der Waals surface area (Å²) in [7, 11) is 0. The third-order valence-electron chi connectivity index (χ3n) is 4.91. The first-order valence-corrected chi connectivity index (χ1v) is 9.03. The Kier molecular flexibility index (Phi) is 6.44. The monoisotopic (exact) mass is 326 g/mol. The van der Waals surface area contributed by atoms with E-state index in [-0.39, 0.29) is 17.8 Å². The Hall–Kier alpha value is -1.80. The molecule has 130 valence electrons. The molecule has 0 saturated carbocycles. The Bertz CT molecular complexity index is 645. The van der Waals surface area contributed by atoms with Crippen molar-refractivity contribution >= 4 is 0 Å². The van der Waals surface area contributed by atoms with Crippen LogP contribution in [-0.4, -0.2) is 10.2 Å². The number of aliphatic hydroxyl groups is 1. The molecule has 0 aliphatic rings. The van der Waals surface area contributed by atoms with E-state index in [0.717, 1.165) is 23.1 Å². The number of hydrogen-bond acceptors (Lipinski definition) is 2. The molecule has 0 radical (unpaired) electrons. The number of benzene rings is 2. The summed E-state index contributed by atoms with van der Waals surface area (Å²) >= 11 is 0. The number of aromatic hydroxyl groups is 1. The first-order valence-electron chi connectivity index (χ1n) is 9.03. The van der Waals surface area contributed by atoms with Crippen molar-refractivity contribution in [1.29, 1.82) is 0 Å². The fraction of sp³-hybridized carbons (Fsp3) is 0.455. The lowest BCUT2D eigenvalue weighted by Crippen LogP contribution is -2.19. The molecule has 0 unspecified atom stereocenters. The van der Waals surface area contributed by atoms with E-state index in [1.54, 1.807) is 0 Å². The van der Waals surface area contributed by atoms with Gasteiger partial charge in [0.2, 0.25) is 0 Å². The molecule has 0 saturated heterocycles. The molecule has 0 aliphatic heterocycles. The molecule has 0 aliphatic carbocycles. The molecule has 2 aromatic carbocycles. The standard InChI is InChI=1S/C22H30O2/c1-4-5-6-10-15-22(2,3)20-14-13-18(21(24)19(20)16-23)17-11-8-7-9-12-17/h7-9,11-14,23-24H,4-6,10,15-16H2,1-3H3. The highest BCUT2D eigenvalue weighted by molar-refractivity contribution is 5.73. The minimum atomic E-state index is -0.139. The van der Waals surface area contributed by atoms with E-state index in [2.05, 4.69) is 26.8 Å². The summed E-state index contributed by atoms with van der Waals surface area (Å²) in [6.45, 7) is 6.49. The zero-order valence-electron chi connectivity index (χ0n) is 15.2. The first kappa shape index (κ1) is 18.5. The summed E-state index contributed by atoms with van der Waals surface area (Å²) in [5.74, 6) is 0.211. The summed E-state index contributed by atoms with van der Waals surface area (Å²) < 4.78 is 0. The smallest absolute Gasteiger partial charge is 0.129 e. The Morgan fingerprint density at radius 3 is 2.25 bits per heavy atom. The zero-order chi connectivity index (χ0) is 17.6. The van der Waals surface area contributed by atoms with Crippen molar-refractivity contribution in [2.75, 3.05) is 0 Å². The first-order chi connectivity index (χ1) is 11.5. The highest BCUT2D eigenvalue weighted by Gasteiger charge is 2.26. The van der Waals surface area contributed by atoms with E-state index in [0.29, 0.717) is 5.56 Å². The predicted molar refractivity (Wildman–Crippen MR) is 101 cm³/mol. The van der Waals surface area contributed by atoms with Crippen LogP contribution in [0.2, 0.25) is 0 Å². The average molecular weight is 326 g/mol. The number of phenols is 1. The molecule has 0 bridgehead atoms. The number of rotatable bonds is 8. The van der Waals surface area contributed by atoms with Gasteiger partial charge in [-0.05, 0) is 23.0 Å². The van der Waals surface area contributed by atoms with Gasteiger partial charge in [0.25, 0.3) is 0 Å². The molecule has 0 aromatic heterocycles. The van der Waals surface area contributed by atoms with Crippen LogP contribution in [0.1, 0.15) is 64.0 Å². The lowest BCUT2D eigenvalue weighted by molar-refractivity contribution is 0.270. The largest absolute Gasteiger partial charge is 0.507 e. The molecule has 2 aromatic rings. The molecule has 0 amide bonds. The van der Waals surface area contributed by atoms with Gasteiger partial charge in [-0.25, -0.2) is 0 Å². The van der Waals surface area contributed by atoms with Gasteiger partial charge in [0.15, 0.2) is 0 Å². The summed E-state index contributed by atoms with van der Waals surface area (Å²) in [6, 6.07) is 13.9. The molecular weight excluding hydrogens is 296 g/mol. The van der Waals surface area contributed by atoms with Crippen molar-refractivity contribution < 1.29 is 10.2 Å². The summed E-state index contributed by atoms with van der Waals surface area (Å²) in [4.78, 5) is 0. The normalized spacial score (nSPS) is 11.7. The second kappa shape index (κ2) is 8.34. The van der Waals surface area contributed by atoms with Gasteiger partial charge < -0.3 is 10.2 Å². The molecule has 2 N–H and O–H groups in total. The predicted octanol–water partition coefficient (Wildman–Crippen LogP) is 5.80. The maximum Gasteiger partial charge on any atom is 0.129 e. The quantitative estimate of drug-likeness (QED) is 0.602. The molecule has 2 heteroatoms. The highest BCUT2D eigenvalue weighted by atomic mass is 16.3. The van der Waals surface area contributed by atoms with Gasteiger partial charge in [-0.15, -0.1) is 0 Å². The van der Waals surface area contributed by atoms with Crippen LogP contribution >= 0.6 is 0 Å². The van der Waals surface area contributed by atoms with E-state index in [1.165, 1.54) is 25.7 Å². The van der Waals surface area contributed by atoms with Crippen LogP contribution in [0.4, 0.5) is 0 Å². The van der Waals surface area contributed by atoms with Crippen molar-refractivity contribution in [3.8, 4) is 16.9 Å². The van der Waals surface area contributed by atoms with E-state index in [9.17, 15) is 10.2 Å². The third kappa shape index (κ3) is 4.18. The van der Waals surface area contributed by atoms with Crippen molar-refractivity contribution in [3.63, 3.8) is 0 Å². The Labute approximate surface area is 146 Å². The maximum atomic E-state index is 10.7. The topological polar surface area (TPSA) is 40.5 Å². The van der Waals surface area contributed by atoms with Crippen LogP contribution in [-0.2, 0) is 12.0 Å². The lowest BCUT2D eigenvalue weighted by atomic mass is 9.77. The fourth-order valence-corrected chi connectivity index (χ4v) is 3.41. The van der Waals surface area contributed by atoms with Crippen LogP contribution < -0.4 is 0 Å². The van der Waals surface area contributed by atoms with Crippen LogP contribution in [0.3, 0.4) is 0 Å². The van der Waals surface area contributed by atoms with Gasteiger partial charge in [0.05, 0.1) is 6.61 Å². The van der Waals surface area contributed by atoms with Crippen molar-refractivity contribution in [2.45, 2.75) is 64.9 Å². The Morgan fingerprint density at radius 2 is 1.62 bits per heavy atom. The molecule has 0 fully saturated rings. The number of unbranched alkanes of at least 4 members (excludes halogenated alkanes) is 3. The average Bonchev–Trinajstić information content (AvgIpc) is 2.59. The lowest BCUT2D eigenvalue weighted by Gasteiger charge is -2.29. The SMILES string of the molecule is CCCCCCC(C)(C)c1ccc(-c2ccccc2)c(O)c1CO. The van der Waals surface area contributed by atoms with E-state index in [4.69, 9.17) is 0 Å². The van der Waals surface area contributed by atoms with Gasteiger partial charge in [-0.1, -0.05) is 88.9 Å². The number of hydrogen-bond donors (Lipinski definition) is 2. The Morgan fingerprint density at radius 1 is 0.917 bits per heavy atom. The molecule has 0 heterocycles. The van der Waals surface area contributed by atoms with Gasteiger partial charge in [0.1, 0.15) is 5.75 Å². The fourth-order valence-electron chi connectivity index (χ4n) is 3.41. The maximum absolute atomic E-state index is 10.7. The molecule has 2 rings (SSSR count). The molecule has 2 nitrogen and oxygen atoms in total. The van der Waals surface area contributed by atoms with Crippen LogP contribution in [0.15, 0.2) is 42.5 Å². The van der Waals surface area contributed by atoms with Crippen LogP contribution in [0.5, 0.6) is 5.75 Å². The minimum Gasteiger partial charge on any atom is -0.507 e. The molecular formula is C22H30O2. The minimum absolute atomic E-state index is 0.0570. The second-order valence-corrected chi connectivity index (χ2v) is 7.21. The highest BCUT2D eigenvalue weighted by Crippen LogP contribution is 2.40. The zero-order valence-corrected chi connectivity index (χ0v) is 15.2. The van der Waals surface area contributed by atoms with Crippen LogP contribution in [0.25, 0.3) is 11.1 Å². The van der Waals surface area contributed by atoms with E-state index >= 15 is 0 Å². The van der Waals surface area contributed by atoms with Gasteiger partial charge in [-0.2, -0.15) is 0 Å². The molecule has 0 spiro atoms. The molecule has 24 heavy (non-hydrogen) atoms. The van der Waals surface area contributed by atoms with Crippen LogP contribution in [0, 0.1) is 0 Å². The molecule has 0 atom stereocenters. The van der Waals surface area contributed by atoms with Crippen molar-refractivity contribution in [1.82, 2.24) is 0 Å². The second-order valence-electron chi connectivity index (χ2n) is 7.21. The number of aliphatic hydroxyl groups excluding tert-OH is 1.